The van der Waals surface area contributed by atoms with Gasteiger partial charge in [-0.05, 0) is 60.7 Å². The number of aryl methyl sites for hydroxylation is 2. The van der Waals surface area contributed by atoms with E-state index in [1.807, 2.05) is 57.3 Å². The molecule has 0 amide bonds. The number of aromatic nitrogens is 4. The molecule has 1 aromatic heterocycles. The van der Waals surface area contributed by atoms with Crippen LogP contribution in [0.5, 0.6) is 11.5 Å². The number of rotatable bonds is 7. The molecule has 0 aliphatic carbocycles. The maximum Gasteiger partial charge on any atom is 0.221 e. The van der Waals surface area contributed by atoms with Gasteiger partial charge in [0.2, 0.25) is 4.77 Å². The fraction of sp³-hybridized carbons (Fsp3) is 0.350. The van der Waals surface area contributed by atoms with Gasteiger partial charge in [0.05, 0.1) is 26.6 Å². The topological polar surface area (TPSA) is 57.3 Å². The molecule has 1 heterocycles. The monoisotopic (exact) mass is 399 g/mol. The Labute approximate surface area is 170 Å². The predicted octanol–water partition coefficient (Wildman–Crippen LogP) is 3.52. The van der Waals surface area contributed by atoms with E-state index in [2.05, 4.69) is 15.3 Å². The molecule has 148 valence electrons. The molecule has 0 aliphatic rings. The largest absolute Gasteiger partial charge is 0.497 e. The van der Waals surface area contributed by atoms with Crippen molar-refractivity contribution in [2.24, 2.45) is 0 Å². The molecule has 0 atom stereocenters. The maximum atomic E-state index is 5.62. The summed E-state index contributed by atoms with van der Waals surface area (Å²) in [7, 11) is 5.30. The number of ether oxygens (including phenoxy) is 2. The molecule has 0 aliphatic heterocycles. The summed E-state index contributed by atoms with van der Waals surface area (Å²) in [5, 5.41) is 8.54. The summed E-state index contributed by atoms with van der Waals surface area (Å²) in [5.74, 6) is 1.55. The Kier molecular flexibility index (Phi) is 6.11. The van der Waals surface area contributed by atoms with Crippen LogP contribution in [0.1, 0.15) is 16.7 Å². The lowest BCUT2D eigenvalue weighted by molar-refractivity contribution is 0.238. The molecule has 3 aromatic rings. The Morgan fingerprint density at radius 3 is 2.39 bits per heavy atom. The van der Waals surface area contributed by atoms with Crippen LogP contribution in [0.2, 0.25) is 0 Å². The Morgan fingerprint density at radius 2 is 1.75 bits per heavy atom. The highest BCUT2D eigenvalue weighted by Gasteiger charge is 2.13. The Morgan fingerprint density at radius 1 is 1.04 bits per heavy atom. The SMILES string of the molecule is COc1ccc(CN(C)Cn2nnn(-c3c(C)cccc3C)c2=S)c(OC)c1. The smallest absolute Gasteiger partial charge is 0.221 e. The van der Waals surface area contributed by atoms with Crippen molar-refractivity contribution in [3.8, 4) is 17.2 Å². The van der Waals surface area contributed by atoms with Crippen molar-refractivity contribution in [2.45, 2.75) is 27.1 Å². The highest BCUT2D eigenvalue weighted by atomic mass is 32.1. The number of benzene rings is 2. The van der Waals surface area contributed by atoms with Gasteiger partial charge in [0.1, 0.15) is 11.5 Å². The quantitative estimate of drug-likeness (QED) is 0.567. The Hall–Kier alpha value is -2.71. The minimum Gasteiger partial charge on any atom is -0.497 e. The summed E-state index contributed by atoms with van der Waals surface area (Å²) < 4.78 is 14.7. The van der Waals surface area contributed by atoms with Crippen molar-refractivity contribution in [1.29, 1.82) is 0 Å². The summed E-state index contributed by atoms with van der Waals surface area (Å²) in [5.41, 5.74) is 4.26. The van der Waals surface area contributed by atoms with E-state index < -0.39 is 0 Å². The third-order valence-electron chi connectivity index (χ3n) is 4.60. The molecule has 28 heavy (non-hydrogen) atoms. The normalized spacial score (nSPS) is 11.1. The molecule has 0 saturated heterocycles. The van der Waals surface area contributed by atoms with Gasteiger partial charge in [-0.3, -0.25) is 4.90 Å². The molecular formula is C20H25N5O2S. The van der Waals surface area contributed by atoms with Gasteiger partial charge in [0.25, 0.3) is 0 Å². The molecule has 0 unspecified atom stereocenters. The summed E-state index contributed by atoms with van der Waals surface area (Å²) in [6.07, 6.45) is 0. The van der Waals surface area contributed by atoms with Gasteiger partial charge in [-0.15, -0.1) is 0 Å². The summed E-state index contributed by atoms with van der Waals surface area (Å²) in [6, 6.07) is 11.9. The van der Waals surface area contributed by atoms with E-state index in [0.717, 1.165) is 33.9 Å². The second kappa shape index (κ2) is 8.53. The molecule has 0 fully saturated rings. The zero-order valence-electron chi connectivity index (χ0n) is 16.8. The number of hydrogen-bond donors (Lipinski definition) is 0. The first kappa shape index (κ1) is 20.0. The van der Waals surface area contributed by atoms with Crippen molar-refractivity contribution >= 4 is 12.2 Å². The van der Waals surface area contributed by atoms with Crippen molar-refractivity contribution in [3.05, 3.63) is 57.9 Å². The summed E-state index contributed by atoms with van der Waals surface area (Å²) >= 11 is 5.62. The van der Waals surface area contributed by atoms with Crippen molar-refractivity contribution in [2.75, 3.05) is 21.3 Å². The number of para-hydroxylation sites is 1. The predicted molar refractivity (Wildman–Crippen MR) is 111 cm³/mol. The first-order chi connectivity index (χ1) is 13.4. The highest BCUT2D eigenvalue weighted by Crippen LogP contribution is 2.25. The van der Waals surface area contributed by atoms with E-state index in [1.54, 1.807) is 23.6 Å². The van der Waals surface area contributed by atoms with Crippen LogP contribution >= 0.6 is 12.2 Å². The minimum absolute atomic E-state index is 0.513. The molecule has 2 aromatic carbocycles. The van der Waals surface area contributed by atoms with Gasteiger partial charge >= 0.3 is 0 Å². The minimum atomic E-state index is 0.513. The van der Waals surface area contributed by atoms with Crippen molar-refractivity contribution in [1.82, 2.24) is 24.7 Å². The molecule has 7 nitrogen and oxygen atoms in total. The number of nitrogens with zero attached hydrogens (tertiary/aromatic N) is 5. The maximum absolute atomic E-state index is 5.62. The number of tetrazole rings is 1. The van der Waals surface area contributed by atoms with Crippen LogP contribution in [0.3, 0.4) is 0 Å². The average molecular weight is 400 g/mol. The van der Waals surface area contributed by atoms with Crippen LogP contribution in [0.15, 0.2) is 36.4 Å². The first-order valence-corrected chi connectivity index (χ1v) is 9.34. The molecule has 0 saturated carbocycles. The van der Waals surface area contributed by atoms with Gasteiger partial charge in [0, 0.05) is 18.2 Å². The molecule has 3 rings (SSSR count). The molecule has 8 heteroatoms. The van der Waals surface area contributed by atoms with Crippen molar-refractivity contribution in [3.63, 3.8) is 0 Å². The van der Waals surface area contributed by atoms with Crippen LogP contribution in [-0.4, -0.2) is 46.0 Å². The highest BCUT2D eigenvalue weighted by molar-refractivity contribution is 7.71. The second-order valence-corrected chi connectivity index (χ2v) is 7.11. The van der Waals surface area contributed by atoms with Crippen LogP contribution in [0.25, 0.3) is 5.69 Å². The molecule has 0 N–H and O–H groups in total. The van der Waals surface area contributed by atoms with Crippen LogP contribution in [-0.2, 0) is 13.2 Å². The van der Waals surface area contributed by atoms with E-state index in [9.17, 15) is 0 Å². The third kappa shape index (κ3) is 4.07. The van der Waals surface area contributed by atoms with Crippen LogP contribution < -0.4 is 9.47 Å². The lowest BCUT2D eigenvalue weighted by Gasteiger charge is -2.18. The second-order valence-electron chi connectivity index (χ2n) is 6.75. The fourth-order valence-corrected chi connectivity index (χ4v) is 3.42. The summed E-state index contributed by atoms with van der Waals surface area (Å²) in [6.45, 7) is 5.28. The van der Waals surface area contributed by atoms with Gasteiger partial charge in [0.15, 0.2) is 0 Å². The number of hydrogen-bond acceptors (Lipinski definition) is 6. The molecular weight excluding hydrogens is 374 g/mol. The van der Waals surface area contributed by atoms with E-state index >= 15 is 0 Å². The Balaban J connectivity index is 1.80. The Bertz CT molecular complexity index is 1010. The zero-order valence-corrected chi connectivity index (χ0v) is 17.7. The lowest BCUT2D eigenvalue weighted by atomic mass is 10.1. The average Bonchev–Trinajstić information content (AvgIpc) is 3.02. The lowest BCUT2D eigenvalue weighted by Crippen LogP contribution is -2.23. The first-order valence-electron chi connectivity index (χ1n) is 8.93. The molecule has 0 radical (unpaired) electrons. The summed E-state index contributed by atoms with van der Waals surface area (Å²) in [4.78, 5) is 2.10. The zero-order chi connectivity index (χ0) is 20.3. The van der Waals surface area contributed by atoms with Crippen LogP contribution in [0.4, 0.5) is 0 Å². The van der Waals surface area contributed by atoms with E-state index in [-0.39, 0.29) is 0 Å². The van der Waals surface area contributed by atoms with Crippen LogP contribution in [0, 0.1) is 18.6 Å². The fourth-order valence-electron chi connectivity index (χ4n) is 3.19. The van der Waals surface area contributed by atoms with Crippen molar-refractivity contribution < 1.29 is 9.47 Å². The standard InChI is InChI=1S/C20H25N5O2S/c1-14-7-6-8-15(2)19(14)25-20(28)24(21-22-25)13-23(3)12-16-9-10-17(26-4)11-18(16)27-5/h6-11H,12-13H2,1-5H3. The van der Waals surface area contributed by atoms with E-state index in [4.69, 9.17) is 21.7 Å². The molecule has 0 bridgehead atoms. The van der Waals surface area contributed by atoms with Gasteiger partial charge < -0.3 is 9.47 Å². The molecule has 0 spiro atoms. The number of methoxy groups -OCH3 is 2. The van der Waals surface area contributed by atoms with E-state index in [0.29, 0.717) is 18.0 Å². The van der Waals surface area contributed by atoms with Gasteiger partial charge in [-0.1, -0.05) is 24.3 Å². The third-order valence-corrected chi connectivity index (χ3v) is 4.98. The van der Waals surface area contributed by atoms with Gasteiger partial charge in [-0.2, -0.15) is 4.68 Å². The van der Waals surface area contributed by atoms with Gasteiger partial charge in [-0.25, -0.2) is 4.68 Å². The van der Waals surface area contributed by atoms with E-state index in [1.165, 1.54) is 0 Å².